The monoisotopic (exact) mass is 504 g/mol. The van der Waals surface area contributed by atoms with Crippen molar-refractivity contribution in [2.75, 3.05) is 66.2 Å². The predicted octanol–water partition coefficient (Wildman–Crippen LogP) is 2.27. The lowest BCUT2D eigenvalue weighted by Crippen LogP contribution is -2.47. The zero-order valence-electron chi connectivity index (χ0n) is 17.0. The molecule has 1 spiro atoms. The zero-order chi connectivity index (χ0) is 18.7. The Balaban J connectivity index is 0.00000225. The van der Waals surface area contributed by atoms with E-state index < -0.39 is 0 Å². The van der Waals surface area contributed by atoms with E-state index in [0.717, 1.165) is 76.6 Å². The maximum Gasteiger partial charge on any atom is 0.193 e. The largest absolute Gasteiger partial charge is 0.465 e. The summed E-state index contributed by atoms with van der Waals surface area (Å²) in [4.78, 5) is 9.39. The lowest BCUT2D eigenvalue weighted by atomic mass is 9.87. The maximum atomic E-state index is 5.97. The number of nitrogens with one attached hydrogen (secondary N) is 1. The van der Waals surface area contributed by atoms with Crippen LogP contribution in [-0.4, -0.2) is 82.0 Å². The molecule has 3 fully saturated rings. The Bertz CT molecular complexity index is 654. The first-order chi connectivity index (χ1) is 13.2. The van der Waals surface area contributed by atoms with Gasteiger partial charge < -0.3 is 24.1 Å². The van der Waals surface area contributed by atoms with Gasteiger partial charge in [-0.1, -0.05) is 0 Å². The molecule has 0 amide bonds. The number of aliphatic imine (C=N–C) groups is 1. The normalized spacial score (nSPS) is 27.2. The lowest BCUT2D eigenvalue weighted by Gasteiger charge is -2.34. The molecule has 28 heavy (non-hydrogen) atoms. The van der Waals surface area contributed by atoms with E-state index in [2.05, 4.69) is 26.2 Å². The zero-order valence-corrected chi connectivity index (χ0v) is 19.3. The van der Waals surface area contributed by atoms with Gasteiger partial charge in [0.05, 0.1) is 25.9 Å². The molecule has 4 rings (SSSR count). The van der Waals surface area contributed by atoms with Crippen LogP contribution in [-0.2, 0) is 9.47 Å². The second kappa shape index (κ2) is 9.77. The minimum absolute atomic E-state index is 0. The van der Waals surface area contributed by atoms with Crippen LogP contribution in [0.3, 0.4) is 0 Å². The molecule has 1 aromatic rings. The molecule has 3 saturated heterocycles. The Morgan fingerprint density at radius 1 is 1.18 bits per heavy atom. The third kappa shape index (κ3) is 4.83. The van der Waals surface area contributed by atoms with Crippen LogP contribution in [0.4, 0.5) is 0 Å². The Labute approximate surface area is 184 Å². The third-order valence-electron chi connectivity index (χ3n) is 6.16. The quantitative estimate of drug-likeness (QED) is 0.386. The number of rotatable bonds is 4. The van der Waals surface area contributed by atoms with Crippen molar-refractivity contribution < 1.29 is 13.9 Å². The number of morpholine rings is 1. The number of ether oxygens (including phenoxy) is 2. The van der Waals surface area contributed by atoms with Crippen LogP contribution in [0.25, 0.3) is 0 Å². The number of likely N-dealkylation sites (tertiary alicyclic amines) is 1. The van der Waals surface area contributed by atoms with Crippen LogP contribution < -0.4 is 5.32 Å². The molecule has 4 heterocycles. The van der Waals surface area contributed by atoms with Gasteiger partial charge >= 0.3 is 0 Å². The van der Waals surface area contributed by atoms with Crippen molar-refractivity contribution in [2.45, 2.75) is 25.8 Å². The van der Waals surface area contributed by atoms with Gasteiger partial charge in [-0.15, -0.1) is 24.0 Å². The Kier molecular flexibility index (Phi) is 7.63. The highest BCUT2D eigenvalue weighted by molar-refractivity contribution is 14.0. The molecule has 2 unspecified atom stereocenters. The molecule has 0 aromatic carbocycles. The van der Waals surface area contributed by atoms with Crippen molar-refractivity contribution in [1.82, 2.24) is 15.1 Å². The summed E-state index contributed by atoms with van der Waals surface area (Å²) in [5, 5.41) is 3.62. The highest BCUT2D eigenvalue weighted by atomic mass is 127. The minimum atomic E-state index is 0. The summed E-state index contributed by atoms with van der Waals surface area (Å²) in [7, 11) is 1.87. The molecule has 0 radical (unpaired) electrons. The summed E-state index contributed by atoms with van der Waals surface area (Å²) in [5.74, 6) is 2.95. The second-order valence-electron chi connectivity index (χ2n) is 8.01. The molecular formula is C20H33IN4O3. The molecule has 1 aromatic heterocycles. The SMILES string of the molecule is CN=C(NCC(c1ccc(C)o1)N1CCOCC1)N1CCC2(CCOC2)C1.I. The maximum absolute atomic E-state index is 5.97. The molecule has 7 nitrogen and oxygen atoms in total. The molecule has 1 N–H and O–H groups in total. The van der Waals surface area contributed by atoms with Crippen LogP contribution in [0.5, 0.6) is 0 Å². The summed E-state index contributed by atoms with van der Waals surface area (Å²) in [5.41, 5.74) is 0.333. The van der Waals surface area contributed by atoms with E-state index in [-0.39, 0.29) is 30.0 Å². The number of hydrogen-bond acceptors (Lipinski definition) is 5. The molecule has 158 valence electrons. The van der Waals surface area contributed by atoms with Gasteiger partial charge in [0.15, 0.2) is 5.96 Å². The molecule has 3 aliphatic heterocycles. The van der Waals surface area contributed by atoms with Crippen molar-refractivity contribution in [3.05, 3.63) is 23.7 Å². The first-order valence-electron chi connectivity index (χ1n) is 10.1. The third-order valence-corrected chi connectivity index (χ3v) is 6.16. The van der Waals surface area contributed by atoms with Crippen molar-refractivity contribution in [2.24, 2.45) is 10.4 Å². The standard InChI is InChI=1S/C20H32N4O3.HI/c1-16-3-4-18(27-16)17(23-8-11-25-12-9-23)13-22-19(21-2)24-7-5-20(14-24)6-10-26-15-20;/h3-4,17H,5-15H2,1-2H3,(H,21,22);1H. The molecule has 0 aliphatic carbocycles. The van der Waals surface area contributed by atoms with E-state index in [4.69, 9.17) is 13.9 Å². The van der Waals surface area contributed by atoms with Crippen LogP contribution >= 0.6 is 24.0 Å². The van der Waals surface area contributed by atoms with E-state index in [9.17, 15) is 0 Å². The van der Waals surface area contributed by atoms with Gasteiger partial charge in [0.2, 0.25) is 0 Å². The molecule has 0 bridgehead atoms. The van der Waals surface area contributed by atoms with Gasteiger partial charge in [-0.25, -0.2) is 0 Å². The second-order valence-corrected chi connectivity index (χ2v) is 8.01. The lowest BCUT2D eigenvalue weighted by molar-refractivity contribution is 0.0123. The van der Waals surface area contributed by atoms with Crippen LogP contribution in [0.1, 0.15) is 30.4 Å². The average Bonchev–Trinajstić information content (AvgIpc) is 3.43. The summed E-state index contributed by atoms with van der Waals surface area (Å²) in [6.45, 7) is 10.1. The Morgan fingerprint density at radius 3 is 2.64 bits per heavy atom. The number of nitrogens with zero attached hydrogens (tertiary/aromatic N) is 3. The number of aryl methyl sites for hydroxylation is 1. The molecule has 0 saturated carbocycles. The molecule has 8 heteroatoms. The smallest absolute Gasteiger partial charge is 0.193 e. The Morgan fingerprint density at radius 2 is 2.00 bits per heavy atom. The van der Waals surface area contributed by atoms with Gasteiger partial charge in [0, 0.05) is 51.8 Å². The van der Waals surface area contributed by atoms with Gasteiger partial charge in [-0.05, 0) is 31.9 Å². The molecule has 2 atom stereocenters. The number of furan rings is 1. The highest BCUT2D eigenvalue weighted by Gasteiger charge is 2.42. The summed E-state index contributed by atoms with van der Waals surface area (Å²) < 4.78 is 17.2. The molecular weight excluding hydrogens is 471 g/mol. The van der Waals surface area contributed by atoms with Crippen molar-refractivity contribution >= 4 is 29.9 Å². The fourth-order valence-electron chi connectivity index (χ4n) is 4.54. The van der Waals surface area contributed by atoms with Crippen LogP contribution in [0.2, 0.25) is 0 Å². The van der Waals surface area contributed by atoms with Crippen LogP contribution in [0, 0.1) is 12.3 Å². The fraction of sp³-hybridized carbons (Fsp3) is 0.750. The van der Waals surface area contributed by atoms with E-state index in [1.165, 1.54) is 12.8 Å². The van der Waals surface area contributed by atoms with Gasteiger partial charge in [0.1, 0.15) is 11.5 Å². The summed E-state index contributed by atoms with van der Waals surface area (Å²) in [6.07, 6.45) is 2.36. The molecule has 3 aliphatic rings. The number of hydrogen-bond donors (Lipinski definition) is 1. The van der Waals surface area contributed by atoms with Crippen LogP contribution in [0.15, 0.2) is 21.5 Å². The van der Waals surface area contributed by atoms with E-state index >= 15 is 0 Å². The fourth-order valence-corrected chi connectivity index (χ4v) is 4.54. The van der Waals surface area contributed by atoms with Gasteiger partial charge in [0.25, 0.3) is 0 Å². The number of halogens is 1. The first-order valence-corrected chi connectivity index (χ1v) is 10.1. The summed E-state index contributed by atoms with van der Waals surface area (Å²) in [6, 6.07) is 4.33. The first kappa shape index (κ1) is 21.9. The predicted molar refractivity (Wildman–Crippen MR) is 119 cm³/mol. The summed E-state index contributed by atoms with van der Waals surface area (Å²) >= 11 is 0. The van der Waals surface area contributed by atoms with Gasteiger partial charge in [-0.3, -0.25) is 9.89 Å². The topological polar surface area (TPSA) is 62.5 Å². The van der Waals surface area contributed by atoms with E-state index in [0.29, 0.717) is 5.41 Å². The van der Waals surface area contributed by atoms with E-state index in [1.807, 2.05) is 20.0 Å². The number of guanidine groups is 1. The Hall–Kier alpha value is -0.840. The minimum Gasteiger partial charge on any atom is -0.465 e. The van der Waals surface area contributed by atoms with Crippen molar-refractivity contribution in [1.29, 1.82) is 0 Å². The van der Waals surface area contributed by atoms with Crippen molar-refractivity contribution in [3.8, 4) is 0 Å². The van der Waals surface area contributed by atoms with Gasteiger partial charge in [-0.2, -0.15) is 0 Å². The van der Waals surface area contributed by atoms with Crippen molar-refractivity contribution in [3.63, 3.8) is 0 Å². The van der Waals surface area contributed by atoms with E-state index in [1.54, 1.807) is 0 Å². The average molecular weight is 504 g/mol. The highest BCUT2D eigenvalue weighted by Crippen LogP contribution is 2.38.